The van der Waals surface area contributed by atoms with Gasteiger partial charge in [-0.05, 0) is 94.7 Å². The largest absolute Gasteiger partial charge is 0.465 e. The van der Waals surface area contributed by atoms with Gasteiger partial charge in [0.1, 0.15) is 17.2 Å². The van der Waals surface area contributed by atoms with Gasteiger partial charge in [0, 0.05) is 5.69 Å². The van der Waals surface area contributed by atoms with Crippen molar-refractivity contribution >= 4 is 66.2 Å². The summed E-state index contributed by atoms with van der Waals surface area (Å²) in [6.45, 7) is 2.59. The molecule has 1 fully saturated rings. The van der Waals surface area contributed by atoms with Gasteiger partial charge in [-0.1, -0.05) is 10.6 Å². The van der Waals surface area contributed by atoms with E-state index in [0.717, 1.165) is 35.2 Å². The average molecular weight is 712 g/mol. The molecule has 1 aliphatic heterocycles. The van der Waals surface area contributed by atoms with Crippen LogP contribution in [0.4, 0.5) is 44.2 Å². The second-order valence-electron chi connectivity index (χ2n) is 9.81. The fourth-order valence-corrected chi connectivity index (χ4v) is 5.16. The lowest BCUT2D eigenvalue weighted by Crippen LogP contribution is -2.43. The van der Waals surface area contributed by atoms with Crippen molar-refractivity contribution in [2.24, 2.45) is 0 Å². The molecular weight excluding hydrogens is 687 g/mol. The molecule has 0 aliphatic carbocycles. The summed E-state index contributed by atoms with van der Waals surface area (Å²) >= 11 is -1.99. The SMILES string of the molecule is C=IC(F)(F)c1cc(N2C(=O)N(Cc3ccc(F)cc3NC(=O)Nc3ccc(C(=O)OC)cc3)C(C)(C)C2=O)ccc1F. The summed E-state index contributed by atoms with van der Waals surface area (Å²) in [5.41, 5.74) is -1.89. The zero-order valence-electron chi connectivity index (χ0n) is 23.0. The number of alkyl halides is 3. The number of anilines is 3. The molecule has 3 aromatic carbocycles. The number of urea groups is 2. The van der Waals surface area contributed by atoms with E-state index in [0.29, 0.717) is 10.6 Å². The van der Waals surface area contributed by atoms with Crippen molar-refractivity contribution in [1.29, 1.82) is 0 Å². The van der Waals surface area contributed by atoms with E-state index in [1.807, 2.05) is 0 Å². The predicted molar refractivity (Wildman–Crippen MR) is 161 cm³/mol. The Morgan fingerprint density at radius 1 is 1.00 bits per heavy atom. The van der Waals surface area contributed by atoms with Crippen LogP contribution in [0, 0.1) is 11.6 Å². The molecule has 0 unspecified atom stereocenters. The maximum absolute atomic E-state index is 14.4. The van der Waals surface area contributed by atoms with Gasteiger partial charge in [-0.15, -0.1) is 0 Å². The molecule has 0 bridgehead atoms. The summed E-state index contributed by atoms with van der Waals surface area (Å²) in [5, 5.41) is 5.05. The van der Waals surface area contributed by atoms with E-state index in [9.17, 15) is 36.7 Å². The molecule has 0 saturated carbocycles. The first-order valence-corrected chi connectivity index (χ1v) is 15.1. The summed E-state index contributed by atoms with van der Waals surface area (Å²) in [6, 6.07) is 10.2. The second-order valence-corrected chi connectivity index (χ2v) is 11.9. The van der Waals surface area contributed by atoms with E-state index in [4.69, 9.17) is 0 Å². The molecule has 0 spiro atoms. The number of hydrogen-bond donors (Lipinski definition) is 2. The smallest absolute Gasteiger partial charge is 0.337 e. The number of benzene rings is 3. The van der Waals surface area contributed by atoms with Crippen LogP contribution in [0.5, 0.6) is 0 Å². The van der Waals surface area contributed by atoms with E-state index in [1.54, 1.807) is 0 Å². The van der Waals surface area contributed by atoms with Crippen LogP contribution in [0.15, 0.2) is 60.7 Å². The number of amides is 5. The van der Waals surface area contributed by atoms with Gasteiger partial charge in [0.2, 0.25) is 0 Å². The molecule has 43 heavy (non-hydrogen) atoms. The highest BCUT2D eigenvalue weighted by Crippen LogP contribution is 2.42. The first kappa shape index (κ1) is 31.6. The molecule has 3 aromatic rings. The first-order valence-electron chi connectivity index (χ1n) is 12.5. The van der Waals surface area contributed by atoms with Crippen LogP contribution in [-0.4, -0.2) is 46.0 Å². The van der Waals surface area contributed by atoms with Crippen molar-refractivity contribution in [3.05, 3.63) is 89.0 Å². The molecule has 226 valence electrons. The van der Waals surface area contributed by atoms with Gasteiger partial charge < -0.3 is 20.3 Å². The van der Waals surface area contributed by atoms with Crippen LogP contribution in [0.3, 0.4) is 0 Å². The molecule has 1 heterocycles. The van der Waals surface area contributed by atoms with Gasteiger partial charge in [0.25, 0.3) is 5.91 Å². The van der Waals surface area contributed by atoms with Gasteiger partial charge in [0.15, 0.2) is 0 Å². The summed E-state index contributed by atoms with van der Waals surface area (Å²) in [5.74, 6) is -3.20. The Balaban J connectivity index is 1.58. The Bertz CT molecular complexity index is 1630. The summed E-state index contributed by atoms with van der Waals surface area (Å²) in [4.78, 5) is 53.1. The Kier molecular flexibility index (Phi) is 8.89. The highest BCUT2D eigenvalue weighted by Gasteiger charge is 2.52. The molecular formula is C29H25F4IN4O5. The third-order valence-electron chi connectivity index (χ3n) is 6.72. The van der Waals surface area contributed by atoms with Crippen LogP contribution >= 0.6 is 20.7 Å². The molecule has 4 rings (SSSR count). The van der Waals surface area contributed by atoms with Gasteiger partial charge in [0.05, 0.1) is 36.2 Å². The van der Waals surface area contributed by atoms with Crippen molar-refractivity contribution in [3.8, 4) is 0 Å². The van der Waals surface area contributed by atoms with E-state index >= 15 is 0 Å². The number of halogens is 5. The van der Waals surface area contributed by atoms with Crippen LogP contribution < -0.4 is 15.5 Å². The minimum Gasteiger partial charge on any atom is -0.465 e. The fraction of sp³-hybridized carbons (Fsp3) is 0.207. The molecule has 14 heteroatoms. The first-order chi connectivity index (χ1) is 20.2. The highest BCUT2D eigenvalue weighted by atomic mass is 127. The average Bonchev–Trinajstić information content (AvgIpc) is 3.13. The number of methoxy groups -OCH3 is 1. The molecule has 0 aromatic heterocycles. The quantitative estimate of drug-likeness (QED) is 0.0901. The number of imide groups is 1. The Labute approximate surface area is 253 Å². The molecule has 5 amide bonds. The van der Waals surface area contributed by atoms with Gasteiger partial charge in [-0.2, -0.15) is 8.78 Å². The van der Waals surface area contributed by atoms with Crippen LogP contribution in [-0.2, 0) is 20.0 Å². The number of nitrogens with zero attached hydrogens (tertiary/aromatic N) is 2. The number of carbonyl (C=O) groups excluding carboxylic acids is 4. The highest BCUT2D eigenvalue weighted by molar-refractivity contribution is 14.2. The fourth-order valence-electron chi connectivity index (χ4n) is 4.34. The lowest BCUT2D eigenvalue weighted by atomic mass is 10.0. The number of esters is 1. The van der Waals surface area contributed by atoms with Crippen LogP contribution in [0.1, 0.15) is 35.3 Å². The van der Waals surface area contributed by atoms with Gasteiger partial charge >= 0.3 is 22.0 Å². The zero-order chi connectivity index (χ0) is 31.7. The maximum atomic E-state index is 14.4. The normalized spacial score (nSPS) is 14.6. The van der Waals surface area contributed by atoms with Crippen molar-refractivity contribution in [3.63, 3.8) is 0 Å². The van der Waals surface area contributed by atoms with Crippen molar-refractivity contribution < 1.29 is 41.5 Å². The van der Waals surface area contributed by atoms with Gasteiger partial charge in [-0.3, -0.25) is 4.79 Å². The molecule has 9 nitrogen and oxygen atoms in total. The molecule has 1 aliphatic rings. The summed E-state index contributed by atoms with van der Waals surface area (Å²) in [6.07, 6.45) is 0. The molecule has 1 saturated heterocycles. The number of rotatable bonds is 8. The van der Waals surface area contributed by atoms with E-state index in [-0.39, 0.29) is 29.0 Å². The number of ether oxygens (including phenoxy) is 1. The maximum Gasteiger partial charge on any atom is 0.337 e. The third kappa shape index (κ3) is 6.38. The van der Waals surface area contributed by atoms with E-state index in [2.05, 4.69) is 19.9 Å². The predicted octanol–water partition coefficient (Wildman–Crippen LogP) is 6.59. The minimum absolute atomic E-state index is 0.0127. The second kappa shape index (κ2) is 12.1. The lowest BCUT2D eigenvalue weighted by molar-refractivity contribution is -0.123. The Hall–Kier alpha value is -4.34. The van der Waals surface area contributed by atoms with E-state index < -0.39 is 71.3 Å². The van der Waals surface area contributed by atoms with Crippen LogP contribution in [0.25, 0.3) is 0 Å². The lowest BCUT2D eigenvalue weighted by Gasteiger charge is -2.28. The number of hydrogen-bond acceptors (Lipinski definition) is 5. The Morgan fingerprint density at radius 3 is 2.30 bits per heavy atom. The van der Waals surface area contributed by atoms with Crippen LogP contribution in [0.2, 0.25) is 0 Å². The van der Waals surface area contributed by atoms with Gasteiger partial charge in [-0.25, -0.2) is 28.1 Å². The minimum atomic E-state index is -3.53. The van der Waals surface area contributed by atoms with E-state index in [1.165, 1.54) is 51.3 Å². The standard InChI is InChI=1S/C29H25F4IN4O5/c1-28(2)25(40)38(20-11-12-22(31)21(14-20)29(32,33)34-3)27(42)37(28)15-17-5-8-18(30)13-23(17)36-26(41)35-19-9-6-16(7-10-19)24(39)43-4/h5-14H,3,15H2,1-2,4H3,(H2,35,36,41). The third-order valence-corrected chi connectivity index (χ3v) is 8.26. The van der Waals surface area contributed by atoms with Crippen molar-refractivity contribution in [2.75, 3.05) is 22.6 Å². The summed E-state index contributed by atoms with van der Waals surface area (Å²) < 4.78 is 61.5. The number of nitrogens with one attached hydrogen (secondary N) is 2. The number of carbonyl (C=O) groups is 4. The monoisotopic (exact) mass is 712 g/mol. The molecule has 2 N–H and O–H groups in total. The topological polar surface area (TPSA) is 108 Å². The summed E-state index contributed by atoms with van der Waals surface area (Å²) in [7, 11) is 1.23. The Morgan fingerprint density at radius 2 is 1.67 bits per heavy atom. The molecule has 0 radical (unpaired) electrons. The van der Waals surface area contributed by atoms with Crippen molar-refractivity contribution in [1.82, 2.24) is 4.90 Å². The van der Waals surface area contributed by atoms with Crippen molar-refractivity contribution in [2.45, 2.75) is 29.9 Å². The zero-order valence-corrected chi connectivity index (χ0v) is 25.2. The molecule has 0 atom stereocenters.